The summed E-state index contributed by atoms with van der Waals surface area (Å²) in [5.41, 5.74) is 2.81. The van der Waals surface area contributed by atoms with Crippen molar-refractivity contribution in [1.29, 1.82) is 0 Å². The highest BCUT2D eigenvalue weighted by Gasteiger charge is 2.34. The number of carboxylic acid groups (broad SMARTS) is 1. The van der Waals surface area contributed by atoms with Gasteiger partial charge in [-0.25, -0.2) is 9.59 Å². The van der Waals surface area contributed by atoms with E-state index in [2.05, 4.69) is 20.6 Å². The van der Waals surface area contributed by atoms with Crippen molar-refractivity contribution < 1.29 is 29.0 Å². The first-order valence-electron chi connectivity index (χ1n) is 14.9. The Morgan fingerprint density at radius 3 is 1.91 bits per heavy atom. The van der Waals surface area contributed by atoms with E-state index in [0.29, 0.717) is 25.9 Å². The molecule has 0 aliphatic carbocycles. The van der Waals surface area contributed by atoms with Crippen molar-refractivity contribution in [3.8, 4) is 0 Å². The fourth-order valence-corrected chi connectivity index (χ4v) is 5.76. The molecule has 44 heavy (non-hydrogen) atoms. The van der Waals surface area contributed by atoms with Crippen molar-refractivity contribution in [2.75, 3.05) is 13.1 Å². The number of aliphatic carboxylic acids is 1. The number of likely N-dealkylation sites (tertiary alicyclic amines) is 1. The number of carbonyl (C=O) groups is 4. The first-order valence-corrected chi connectivity index (χ1v) is 14.9. The number of piperidine rings is 1. The van der Waals surface area contributed by atoms with Crippen LogP contribution >= 0.6 is 0 Å². The summed E-state index contributed by atoms with van der Waals surface area (Å²) in [5.74, 6) is -2.14. The molecule has 5 N–H and O–H groups in total. The van der Waals surface area contributed by atoms with Gasteiger partial charge >= 0.3 is 12.1 Å². The van der Waals surface area contributed by atoms with Crippen molar-refractivity contribution in [1.82, 2.24) is 25.5 Å². The Morgan fingerprint density at radius 2 is 1.39 bits per heavy atom. The third-order valence-corrected chi connectivity index (χ3v) is 7.98. The van der Waals surface area contributed by atoms with Crippen molar-refractivity contribution in [3.63, 3.8) is 0 Å². The summed E-state index contributed by atoms with van der Waals surface area (Å²) < 4.78 is 5.45. The lowest BCUT2D eigenvalue weighted by atomic mass is 9.94. The number of carboxylic acids is 1. The van der Waals surface area contributed by atoms with Gasteiger partial charge < -0.3 is 35.3 Å². The van der Waals surface area contributed by atoms with E-state index >= 15 is 0 Å². The highest BCUT2D eigenvalue weighted by molar-refractivity contribution is 5.90. The van der Waals surface area contributed by atoms with Gasteiger partial charge in [-0.05, 0) is 56.9 Å². The Kier molecular flexibility index (Phi) is 8.93. The van der Waals surface area contributed by atoms with Crippen LogP contribution in [0, 0.1) is 5.92 Å². The van der Waals surface area contributed by atoms with Crippen LogP contribution in [0.15, 0.2) is 60.9 Å². The number of aromatic amines is 2. The highest BCUT2D eigenvalue weighted by Crippen LogP contribution is 2.24. The highest BCUT2D eigenvalue weighted by atomic mass is 16.6. The molecule has 1 aliphatic heterocycles. The lowest BCUT2D eigenvalue weighted by molar-refractivity contribution is -0.143. The number of nitrogens with one attached hydrogen (secondary N) is 4. The Balaban J connectivity index is 1.22. The van der Waals surface area contributed by atoms with Crippen LogP contribution in [0.2, 0.25) is 0 Å². The lowest BCUT2D eigenvalue weighted by Gasteiger charge is -2.34. The van der Waals surface area contributed by atoms with Gasteiger partial charge in [0, 0.05) is 66.0 Å². The van der Waals surface area contributed by atoms with Gasteiger partial charge in [-0.1, -0.05) is 36.4 Å². The molecule has 3 amide bonds. The third-order valence-electron chi connectivity index (χ3n) is 7.98. The first-order chi connectivity index (χ1) is 21.0. The van der Waals surface area contributed by atoms with Crippen molar-refractivity contribution in [2.24, 2.45) is 5.92 Å². The summed E-state index contributed by atoms with van der Waals surface area (Å²) in [6.45, 7) is 5.88. The second-order valence-electron chi connectivity index (χ2n) is 12.3. The molecule has 3 heterocycles. The standard InChI is InChI=1S/C33H39N5O6/c1-33(2,3)44-32(43)37-27(16-21-18-34-25-10-6-4-8-23(21)25)30(40)38-14-12-20(13-15-38)29(39)36-28(31(41)42)17-22-19-35-26-11-7-5-9-24(22)26/h4-11,18-20,27-28,34-35H,12-17H2,1-3H3,(H,36,39)(H,37,43)(H,41,42). The third kappa shape index (κ3) is 7.21. The van der Waals surface area contributed by atoms with Crippen LogP contribution < -0.4 is 10.6 Å². The lowest BCUT2D eigenvalue weighted by Crippen LogP contribution is -2.53. The van der Waals surface area contributed by atoms with E-state index < -0.39 is 35.7 Å². The minimum Gasteiger partial charge on any atom is -0.480 e. The van der Waals surface area contributed by atoms with Gasteiger partial charge in [0.05, 0.1) is 0 Å². The van der Waals surface area contributed by atoms with Gasteiger partial charge in [0.2, 0.25) is 11.8 Å². The number of rotatable bonds is 9. The summed E-state index contributed by atoms with van der Waals surface area (Å²) in [5, 5.41) is 17.2. The molecule has 1 aliphatic rings. The number of alkyl carbamates (subject to hydrolysis) is 1. The van der Waals surface area contributed by atoms with Gasteiger partial charge in [-0.2, -0.15) is 0 Å². The predicted molar refractivity (Wildman–Crippen MR) is 166 cm³/mol. The molecule has 2 aromatic carbocycles. The number of carbonyl (C=O) groups excluding carboxylic acids is 3. The summed E-state index contributed by atoms with van der Waals surface area (Å²) >= 11 is 0. The Morgan fingerprint density at radius 1 is 0.864 bits per heavy atom. The molecule has 4 aromatic rings. The first kappa shape index (κ1) is 30.7. The molecule has 2 unspecified atom stereocenters. The zero-order valence-electron chi connectivity index (χ0n) is 25.2. The number of hydrogen-bond donors (Lipinski definition) is 5. The minimum absolute atomic E-state index is 0.147. The molecular weight excluding hydrogens is 562 g/mol. The molecule has 11 heteroatoms. The quantitative estimate of drug-likeness (QED) is 0.194. The predicted octanol–water partition coefficient (Wildman–Crippen LogP) is 4.14. The van der Waals surface area contributed by atoms with E-state index in [1.807, 2.05) is 54.7 Å². The maximum atomic E-state index is 13.8. The zero-order chi connectivity index (χ0) is 31.4. The number of fused-ring (bicyclic) bond motifs is 2. The SMILES string of the molecule is CC(C)(C)OC(=O)NC(Cc1c[nH]c2ccccc12)C(=O)N1CCC(C(=O)NC(Cc2c[nH]c3ccccc23)C(=O)O)CC1. The van der Waals surface area contributed by atoms with Crippen molar-refractivity contribution in [2.45, 2.75) is 64.1 Å². The molecule has 11 nitrogen and oxygen atoms in total. The number of benzene rings is 2. The van der Waals surface area contributed by atoms with Crippen LogP contribution in [-0.2, 0) is 32.0 Å². The number of hydrogen-bond acceptors (Lipinski definition) is 5. The Hall–Kier alpha value is -4.80. The summed E-state index contributed by atoms with van der Waals surface area (Å²) in [7, 11) is 0. The van der Waals surface area contributed by atoms with Crippen molar-refractivity contribution in [3.05, 3.63) is 72.1 Å². The number of para-hydroxylation sites is 2. The molecule has 5 rings (SSSR count). The molecular formula is C33H39N5O6. The van der Waals surface area contributed by atoms with Gasteiger partial charge in [0.1, 0.15) is 17.7 Å². The summed E-state index contributed by atoms with van der Waals surface area (Å²) in [6.07, 6.45) is 4.10. The number of amides is 3. The van der Waals surface area contributed by atoms with E-state index in [0.717, 1.165) is 32.9 Å². The van der Waals surface area contributed by atoms with Crippen LogP contribution in [0.3, 0.4) is 0 Å². The maximum absolute atomic E-state index is 13.8. The second-order valence-corrected chi connectivity index (χ2v) is 12.3. The Labute approximate surface area is 255 Å². The number of nitrogens with zero attached hydrogens (tertiary/aromatic N) is 1. The molecule has 2 atom stereocenters. The number of H-pyrrole nitrogens is 2. The van der Waals surface area contributed by atoms with E-state index in [-0.39, 0.29) is 24.7 Å². The van der Waals surface area contributed by atoms with Gasteiger partial charge in [0.25, 0.3) is 0 Å². The van der Waals surface area contributed by atoms with Gasteiger partial charge in [-0.15, -0.1) is 0 Å². The van der Waals surface area contributed by atoms with E-state index in [4.69, 9.17) is 4.74 Å². The monoisotopic (exact) mass is 601 g/mol. The average Bonchev–Trinajstić information content (AvgIpc) is 3.59. The van der Waals surface area contributed by atoms with Crippen LogP contribution in [0.5, 0.6) is 0 Å². The second kappa shape index (κ2) is 12.8. The van der Waals surface area contributed by atoms with Crippen LogP contribution in [0.4, 0.5) is 4.79 Å². The topological polar surface area (TPSA) is 157 Å². The average molecular weight is 602 g/mol. The molecule has 1 fully saturated rings. The molecule has 232 valence electrons. The normalized spacial score (nSPS) is 15.6. The van der Waals surface area contributed by atoms with Crippen LogP contribution in [0.1, 0.15) is 44.7 Å². The van der Waals surface area contributed by atoms with Crippen molar-refractivity contribution >= 4 is 45.7 Å². The fourth-order valence-electron chi connectivity index (χ4n) is 5.76. The molecule has 0 spiro atoms. The van der Waals surface area contributed by atoms with Crippen LogP contribution in [-0.4, -0.2) is 74.6 Å². The fraction of sp³-hybridized carbons (Fsp3) is 0.394. The van der Waals surface area contributed by atoms with E-state index in [9.17, 15) is 24.3 Å². The molecule has 2 aromatic heterocycles. The van der Waals surface area contributed by atoms with Gasteiger partial charge in [0.15, 0.2) is 0 Å². The molecule has 0 radical (unpaired) electrons. The number of ether oxygens (including phenoxy) is 1. The minimum atomic E-state index is -1.11. The maximum Gasteiger partial charge on any atom is 0.408 e. The largest absolute Gasteiger partial charge is 0.480 e. The summed E-state index contributed by atoms with van der Waals surface area (Å²) in [6, 6.07) is 13.4. The van der Waals surface area contributed by atoms with Gasteiger partial charge in [-0.3, -0.25) is 9.59 Å². The summed E-state index contributed by atoms with van der Waals surface area (Å²) in [4.78, 5) is 59.7. The molecule has 0 bridgehead atoms. The van der Waals surface area contributed by atoms with Crippen LogP contribution in [0.25, 0.3) is 21.8 Å². The molecule has 1 saturated heterocycles. The smallest absolute Gasteiger partial charge is 0.408 e. The van der Waals surface area contributed by atoms with E-state index in [1.165, 1.54) is 0 Å². The molecule has 0 saturated carbocycles. The Bertz CT molecular complexity index is 1660. The number of aromatic nitrogens is 2. The van der Waals surface area contributed by atoms with E-state index in [1.54, 1.807) is 31.9 Å². The zero-order valence-corrected chi connectivity index (χ0v) is 25.2.